The standard InChI is InChI=1S/C18H24N4O2.ClH/c1-14-16(24-18(21-14)15-6-3-2-4-7-15)17(23)20-8-5-11-22-12-9-19-10-13-22;/h2-4,6-7,19H,5,8-13H2,1H3,(H,20,23);1H. The van der Waals surface area contributed by atoms with E-state index in [0.29, 0.717) is 23.9 Å². The summed E-state index contributed by atoms with van der Waals surface area (Å²) >= 11 is 0. The average Bonchev–Trinajstić information content (AvgIpc) is 3.02. The van der Waals surface area contributed by atoms with E-state index in [-0.39, 0.29) is 18.3 Å². The van der Waals surface area contributed by atoms with Gasteiger partial charge < -0.3 is 20.0 Å². The van der Waals surface area contributed by atoms with Crippen LogP contribution >= 0.6 is 12.4 Å². The molecule has 7 heteroatoms. The first kappa shape index (κ1) is 19.4. The summed E-state index contributed by atoms with van der Waals surface area (Å²) in [5, 5.41) is 6.27. The number of benzene rings is 1. The van der Waals surface area contributed by atoms with E-state index in [1.165, 1.54) is 0 Å². The molecule has 1 fully saturated rings. The number of carbonyl (C=O) groups excluding carboxylic acids is 1. The number of halogens is 1. The number of rotatable bonds is 6. The van der Waals surface area contributed by atoms with Gasteiger partial charge in [-0.1, -0.05) is 18.2 Å². The summed E-state index contributed by atoms with van der Waals surface area (Å²) < 4.78 is 5.67. The minimum atomic E-state index is -0.192. The first-order chi connectivity index (χ1) is 11.7. The van der Waals surface area contributed by atoms with Crippen LogP contribution in [-0.4, -0.2) is 55.1 Å². The summed E-state index contributed by atoms with van der Waals surface area (Å²) in [6.45, 7) is 7.70. The molecule has 2 aromatic rings. The Morgan fingerprint density at radius 3 is 2.72 bits per heavy atom. The van der Waals surface area contributed by atoms with Crippen molar-refractivity contribution in [2.45, 2.75) is 13.3 Å². The third kappa shape index (κ3) is 5.29. The first-order valence-electron chi connectivity index (χ1n) is 8.48. The largest absolute Gasteiger partial charge is 0.431 e. The smallest absolute Gasteiger partial charge is 0.289 e. The Hall–Kier alpha value is -1.89. The molecule has 1 aliphatic heterocycles. The van der Waals surface area contributed by atoms with Crippen LogP contribution in [0, 0.1) is 6.92 Å². The minimum Gasteiger partial charge on any atom is -0.431 e. The topological polar surface area (TPSA) is 70.4 Å². The van der Waals surface area contributed by atoms with Crippen molar-refractivity contribution in [3.63, 3.8) is 0 Å². The number of amides is 1. The van der Waals surface area contributed by atoms with E-state index in [9.17, 15) is 4.79 Å². The van der Waals surface area contributed by atoms with Crippen molar-refractivity contribution in [1.29, 1.82) is 0 Å². The number of piperazine rings is 1. The molecule has 0 aliphatic carbocycles. The molecule has 1 aliphatic rings. The van der Waals surface area contributed by atoms with Crippen molar-refractivity contribution in [1.82, 2.24) is 20.5 Å². The lowest BCUT2D eigenvalue weighted by Gasteiger charge is -2.26. The van der Waals surface area contributed by atoms with Gasteiger partial charge in [-0.2, -0.15) is 0 Å². The highest BCUT2D eigenvalue weighted by molar-refractivity contribution is 5.92. The Labute approximate surface area is 154 Å². The van der Waals surface area contributed by atoms with Gasteiger partial charge in [-0.3, -0.25) is 4.79 Å². The fraction of sp³-hybridized carbons (Fsp3) is 0.444. The van der Waals surface area contributed by atoms with E-state index in [1.807, 2.05) is 30.3 Å². The summed E-state index contributed by atoms with van der Waals surface area (Å²) in [5.74, 6) is 0.595. The van der Waals surface area contributed by atoms with Gasteiger partial charge in [0.2, 0.25) is 11.7 Å². The average molecular weight is 365 g/mol. The van der Waals surface area contributed by atoms with Crippen LogP contribution in [0.5, 0.6) is 0 Å². The molecule has 1 amide bonds. The highest BCUT2D eigenvalue weighted by atomic mass is 35.5. The second-order valence-corrected chi connectivity index (χ2v) is 6.00. The summed E-state index contributed by atoms with van der Waals surface area (Å²) in [6, 6.07) is 9.61. The van der Waals surface area contributed by atoms with Gasteiger partial charge in [-0.25, -0.2) is 4.98 Å². The molecule has 2 heterocycles. The van der Waals surface area contributed by atoms with Crippen molar-refractivity contribution < 1.29 is 9.21 Å². The Kier molecular flexibility index (Phi) is 7.43. The molecular weight excluding hydrogens is 340 g/mol. The lowest BCUT2D eigenvalue weighted by Crippen LogP contribution is -2.44. The highest BCUT2D eigenvalue weighted by Crippen LogP contribution is 2.21. The van der Waals surface area contributed by atoms with Crippen LogP contribution in [0.15, 0.2) is 34.7 Å². The Bertz CT molecular complexity index is 669. The molecule has 0 unspecified atom stereocenters. The second kappa shape index (κ2) is 9.56. The third-order valence-corrected chi connectivity index (χ3v) is 4.17. The first-order valence-corrected chi connectivity index (χ1v) is 8.48. The maximum Gasteiger partial charge on any atom is 0.289 e. The van der Waals surface area contributed by atoms with Crippen LogP contribution in [0.25, 0.3) is 11.5 Å². The molecule has 0 radical (unpaired) electrons. The molecule has 0 bridgehead atoms. The number of hydrogen-bond donors (Lipinski definition) is 2. The monoisotopic (exact) mass is 364 g/mol. The number of oxazole rings is 1. The van der Waals surface area contributed by atoms with Crippen molar-refractivity contribution >= 4 is 18.3 Å². The summed E-state index contributed by atoms with van der Waals surface area (Å²) in [4.78, 5) is 19.1. The molecule has 0 atom stereocenters. The zero-order valence-electron chi connectivity index (χ0n) is 14.5. The van der Waals surface area contributed by atoms with E-state index in [1.54, 1.807) is 6.92 Å². The fourth-order valence-electron chi connectivity index (χ4n) is 2.83. The summed E-state index contributed by atoms with van der Waals surface area (Å²) in [5.41, 5.74) is 1.49. The van der Waals surface area contributed by atoms with Crippen molar-refractivity contribution in [3.8, 4) is 11.5 Å². The van der Waals surface area contributed by atoms with Gasteiger partial charge in [0.15, 0.2) is 0 Å². The number of aryl methyl sites for hydroxylation is 1. The van der Waals surface area contributed by atoms with Crippen molar-refractivity contribution in [2.75, 3.05) is 39.3 Å². The SMILES string of the molecule is Cc1nc(-c2ccccc2)oc1C(=O)NCCCN1CCNCC1.Cl. The second-order valence-electron chi connectivity index (χ2n) is 6.00. The molecule has 1 saturated heterocycles. The molecule has 1 aromatic carbocycles. The van der Waals surface area contributed by atoms with E-state index >= 15 is 0 Å². The van der Waals surface area contributed by atoms with Gasteiger partial charge in [0.05, 0.1) is 5.69 Å². The molecule has 0 spiro atoms. The molecule has 2 N–H and O–H groups in total. The van der Waals surface area contributed by atoms with E-state index in [0.717, 1.165) is 44.7 Å². The van der Waals surface area contributed by atoms with Gasteiger partial charge in [0, 0.05) is 38.3 Å². The van der Waals surface area contributed by atoms with Crippen LogP contribution in [0.2, 0.25) is 0 Å². The predicted molar refractivity (Wildman–Crippen MR) is 100 cm³/mol. The lowest BCUT2D eigenvalue weighted by molar-refractivity contribution is 0.0923. The molecule has 6 nitrogen and oxygen atoms in total. The predicted octanol–water partition coefficient (Wildman–Crippen LogP) is 2.10. The number of hydrogen-bond acceptors (Lipinski definition) is 5. The Morgan fingerprint density at radius 1 is 1.28 bits per heavy atom. The normalized spacial score (nSPS) is 14.8. The van der Waals surface area contributed by atoms with Crippen molar-refractivity contribution in [2.24, 2.45) is 0 Å². The Morgan fingerprint density at radius 2 is 2.00 bits per heavy atom. The van der Waals surface area contributed by atoms with Crippen LogP contribution in [0.4, 0.5) is 0 Å². The molecule has 136 valence electrons. The number of nitrogens with one attached hydrogen (secondary N) is 2. The van der Waals surface area contributed by atoms with Gasteiger partial charge in [0.1, 0.15) is 0 Å². The maximum absolute atomic E-state index is 12.3. The highest BCUT2D eigenvalue weighted by Gasteiger charge is 2.18. The summed E-state index contributed by atoms with van der Waals surface area (Å²) in [6.07, 6.45) is 0.935. The molecule has 1 aromatic heterocycles. The quantitative estimate of drug-likeness (QED) is 0.768. The number of nitrogens with zero attached hydrogens (tertiary/aromatic N) is 2. The molecule has 25 heavy (non-hydrogen) atoms. The Balaban J connectivity index is 0.00000225. The van der Waals surface area contributed by atoms with Crippen LogP contribution < -0.4 is 10.6 Å². The van der Waals surface area contributed by atoms with Crippen LogP contribution in [0.3, 0.4) is 0 Å². The van der Waals surface area contributed by atoms with E-state index in [2.05, 4.69) is 20.5 Å². The molecule has 3 rings (SSSR count). The number of carbonyl (C=O) groups is 1. The van der Waals surface area contributed by atoms with E-state index in [4.69, 9.17) is 4.42 Å². The van der Waals surface area contributed by atoms with Crippen LogP contribution in [-0.2, 0) is 0 Å². The van der Waals surface area contributed by atoms with Gasteiger partial charge >= 0.3 is 0 Å². The fourth-order valence-corrected chi connectivity index (χ4v) is 2.83. The third-order valence-electron chi connectivity index (χ3n) is 4.17. The van der Waals surface area contributed by atoms with Crippen LogP contribution in [0.1, 0.15) is 22.7 Å². The van der Waals surface area contributed by atoms with Gasteiger partial charge in [-0.05, 0) is 32.0 Å². The van der Waals surface area contributed by atoms with Crippen molar-refractivity contribution in [3.05, 3.63) is 41.8 Å². The minimum absolute atomic E-state index is 0. The summed E-state index contributed by atoms with van der Waals surface area (Å²) in [7, 11) is 0. The zero-order valence-corrected chi connectivity index (χ0v) is 15.3. The van der Waals surface area contributed by atoms with E-state index < -0.39 is 0 Å². The van der Waals surface area contributed by atoms with Gasteiger partial charge in [-0.15, -0.1) is 12.4 Å². The number of aromatic nitrogens is 1. The maximum atomic E-state index is 12.3. The molecule has 0 saturated carbocycles. The van der Waals surface area contributed by atoms with Gasteiger partial charge in [0.25, 0.3) is 5.91 Å². The molecular formula is C18H25ClN4O2. The lowest BCUT2D eigenvalue weighted by atomic mass is 10.2. The zero-order chi connectivity index (χ0) is 16.8.